The van der Waals surface area contributed by atoms with E-state index < -0.39 is 0 Å². The summed E-state index contributed by atoms with van der Waals surface area (Å²) in [5.74, 6) is 0.976. The number of para-hydroxylation sites is 1. The molecule has 0 aliphatic rings. The summed E-state index contributed by atoms with van der Waals surface area (Å²) in [6.45, 7) is 5.16. The van der Waals surface area contributed by atoms with Crippen molar-refractivity contribution in [3.05, 3.63) is 30.3 Å². The second-order valence-electron chi connectivity index (χ2n) is 3.58. The normalized spacial score (nSPS) is 10.2. The minimum Gasteiger partial charge on any atom is -0.494 e. The molecule has 0 saturated heterocycles. The third-order valence-corrected chi connectivity index (χ3v) is 2.26. The van der Waals surface area contributed by atoms with Crippen molar-refractivity contribution < 1.29 is 4.74 Å². The Morgan fingerprint density at radius 1 is 1.07 bits per heavy atom. The van der Waals surface area contributed by atoms with E-state index in [-0.39, 0.29) is 0 Å². The van der Waals surface area contributed by atoms with Gasteiger partial charge in [-0.3, -0.25) is 0 Å². The number of hydrogen-bond donors (Lipinski definition) is 1. The molecule has 1 N–H and O–H groups in total. The smallest absolute Gasteiger partial charge is 0.119 e. The lowest BCUT2D eigenvalue weighted by Gasteiger charge is -2.05. The highest BCUT2D eigenvalue weighted by atomic mass is 16.5. The highest BCUT2D eigenvalue weighted by Gasteiger charge is 1.92. The third kappa shape index (κ3) is 6.13. The summed E-state index contributed by atoms with van der Waals surface area (Å²) in [6.07, 6.45) is 3.62. The van der Waals surface area contributed by atoms with Gasteiger partial charge in [0.15, 0.2) is 0 Å². The molecule has 0 aliphatic carbocycles. The molecular formula is C13H21NO. The van der Waals surface area contributed by atoms with Crippen LogP contribution in [0, 0.1) is 0 Å². The predicted molar refractivity (Wildman–Crippen MR) is 64.3 cm³/mol. The molecule has 0 spiro atoms. The summed E-state index contributed by atoms with van der Waals surface area (Å²) in [5, 5.41) is 3.32. The molecular weight excluding hydrogens is 186 g/mol. The van der Waals surface area contributed by atoms with Crippen molar-refractivity contribution in [2.45, 2.75) is 26.2 Å². The number of hydrogen-bond acceptors (Lipinski definition) is 2. The van der Waals surface area contributed by atoms with Crippen molar-refractivity contribution in [1.82, 2.24) is 5.32 Å². The lowest BCUT2D eigenvalue weighted by atomic mass is 10.2. The van der Waals surface area contributed by atoms with Gasteiger partial charge in [-0.2, -0.15) is 0 Å². The van der Waals surface area contributed by atoms with Crippen LogP contribution in [0.5, 0.6) is 5.75 Å². The molecule has 0 aliphatic heterocycles. The van der Waals surface area contributed by atoms with E-state index in [1.54, 1.807) is 0 Å². The van der Waals surface area contributed by atoms with Gasteiger partial charge in [0, 0.05) is 0 Å². The van der Waals surface area contributed by atoms with Crippen LogP contribution in [0.3, 0.4) is 0 Å². The molecule has 1 rings (SSSR count). The number of unbranched alkanes of at least 4 members (excludes halogenated alkanes) is 2. The van der Waals surface area contributed by atoms with E-state index in [0.29, 0.717) is 0 Å². The molecule has 0 unspecified atom stereocenters. The number of rotatable bonds is 8. The second kappa shape index (κ2) is 8.30. The molecule has 0 fully saturated rings. The summed E-state index contributed by atoms with van der Waals surface area (Å²) < 4.78 is 5.59. The largest absolute Gasteiger partial charge is 0.494 e. The first kappa shape index (κ1) is 12.1. The lowest BCUT2D eigenvalue weighted by molar-refractivity contribution is 0.305. The van der Waals surface area contributed by atoms with Crippen molar-refractivity contribution in [3.8, 4) is 5.75 Å². The first-order valence-electron chi connectivity index (χ1n) is 5.82. The lowest BCUT2D eigenvalue weighted by Crippen LogP contribution is -2.14. The molecule has 84 valence electrons. The Morgan fingerprint density at radius 2 is 1.87 bits per heavy atom. The minimum absolute atomic E-state index is 0.830. The average molecular weight is 207 g/mol. The predicted octanol–water partition coefficient (Wildman–Crippen LogP) is 2.85. The van der Waals surface area contributed by atoms with Gasteiger partial charge in [-0.15, -0.1) is 0 Å². The zero-order valence-corrected chi connectivity index (χ0v) is 9.54. The van der Waals surface area contributed by atoms with Crippen LogP contribution in [-0.4, -0.2) is 19.7 Å². The van der Waals surface area contributed by atoms with Crippen LogP contribution in [0.25, 0.3) is 0 Å². The fourth-order valence-electron chi connectivity index (χ4n) is 1.41. The van der Waals surface area contributed by atoms with Crippen LogP contribution in [0.1, 0.15) is 26.2 Å². The van der Waals surface area contributed by atoms with Gasteiger partial charge in [-0.1, -0.05) is 25.1 Å². The van der Waals surface area contributed by atoms with E-state index in [4.69, 9.17) is 4.74 Å². The molecule has 0 bridgehead atoms. The fourth-order valence-corrected chi connectivity index (χ4v) is 1.41. The quantitative estimate of drug-likeness (QED) is 0.662. The average Bonchev–Trinajstić information content (AvgIpc) is 2.29. The van der Waals surface area contributed by atoms with Gasteiger partial charge in [0.1, 0.15) is 5.75 Å². The van der Waals surface area contributed by atoms with Crippen LogP contribution >= 0.6 is 0 Å². The molecule has 0 aromatic heterocycles. The van der Waals surface area contributed by atoms with Gasteiger partial charge in [-0.05, 0) is 44.5 Å². The van der Waals surface area contributed by atoms with Crippen molar-refractivity contribution in [1.29, 1.82) is 0 Å². The highest BCUT2D eigenvalue weighted by Crippen LogP contribution is 2.08. The fraction of sp³-hybridized carbons (Fsp3) is 0.538. The van der Waals surface area contributed by atoms with Gasteiger partial charge >= 0.3 is 0 Å². The topological polar surface area (TPSA) is 21.3 Å². The van der Waals surface area contributed by atoms with E-state index in [2.05, 4.69) is 12.2 Å². The van der Waals surface area contributed by atoms with Crippen molar-refractivity contribution in [2.24, 2.45) is 0 Å². The Labute approximate surface area is 92.6 Å². The Balaban J connectivity index is 1.93. The number of ether oxygens (including phenoxy) is 1. The Hall–Kier alpha value is -1.02. The maximum atomic E-state index is 5.59. The molecule has 0 heterocycles. The molecule has 1 aromatic rings. The van der Waals surface area contributed by atoms with Crippen molar-refractivity contribution in [3.63, 3.8) is 0 Å². The zero-order chi connectivity index (χ0) is 10.8. The Bertz CT molecular complexity index is 236. The number of benzene rings is 1. The molecule has 2 heteroatoms. The zero-order valence-electron chi connectivity index (χ0n) is 9.54. The van der Waals surface area contributed by atoms with Crippen molar-refractivity contribution >= 4 is 0 Å². The number of nitrogens with one attached hydrogen (secondary N) is 1. The van der Waals surface area contributed by atoms with E-state index in [9.17, 15) is 0 Å². The highest BCUT2D eigenvalue weighted by molar-refractivity contribution is 5.20. The first-order valence-corrected chi connectivity index (χ1v) is 5.82. The Kier molecular flexibility index (Phi) is 6.67. The van der Waals surface area contributed by atoms with Crippen LogP contribution in [0.2, 0.25) is 0 Å². The molecule has 0 amide bonds. The molecule has 0 radical (unpaired) electrons. The van der Waals surface area contributed by atoms with Crippen molar-refractivity contribution in [2.75, 3.05) is 19.7 Å². The van der Waals surface area contributed by atoms with Crippen LogP contribution in [0.4, 0.5) is 0 Å². The van der Waals surface area contributed by atoms with Gasteiger partial charge in [0.25, 0.3) is 0 Å². The maximum Gasteiger partial charge on any atom is 0.119 e. The standard InChI is InChI=1S/C13H21NO/c1-2-14-11-7-4-8-12-15-13-9-5-3-6-10-13/h3,5-6,9-10,14H,2,4,7-8,11-12H2,1H3. The van der Waals surface area contributed by atoms with Crippen LogP contribution in [0.15, 0.2) is 30.3 Å². The van der Waals surface area contributed by atoms with Crippen LogP contribution in [-0.2, 0) is 0 Å². The van der Waals surface area contributed by atoms with E-state index >= 15 is 0 Å². The summed E-state index contributed by atoms with van der Waals surface area (Å²) in [4.78, 5) is 0. The molecule has 0 atom stereocenters. The summed E-state index contributed by atoms with van der Waals surface area (Å²) in [6, 6.07) is 10.0. The molecule has 1 aromatic carbocycles. The first-order chi connectivity index (χ1) is 7.43. The summed E-state index contributed by atoms with van der Waals surface area (Å²) in [5.41, 5.74) is 0. The van der Waals surface area contributed by atoms with Gasteiger partial charge < -0.3 is 10.1 Å². The SMILES string of the molecule is CCNCCCCCOc1ccccc1. The summed E-state index contributed by atoms with van der Waals surface area (Å²) >= 11 is 0. The maximum absolute atomic E-state index is 5.59. The van der Waals surface area contributed by atoms with Gasteiger partial charge in [0.05, 0.1) is 6.61 Å². The third-order valence-electron chi connectivity index (χ3n) is 2.26. The minimum atomic E-state index is 0.830. The molecule has 2 nitrogen and oxygen atoms in total. The molecule has 0 saturated carbocycles. The van der Waals surface area contributed by atoms with E-state index in [1.165, 1.54) is 12.8 Å². The van der Waals surface area contributed by atoms with Gasteiger partial charge in [0.2, 0.25) is 0 Å². The summed E-state index contributed by atoms with van der Waals surface area (Å²) in [7, 11) is 0. The van der Waals surface area contributed by atoms with E-state index in [1.807, 2.05) is 30.3 Å². The second-order valence-corrected chi connectivity index (χ2v) is 3.58. The van der Waals surface area contributed by atoms with E-state index in [0.717, 1.165) is 31.9 Å². The van der Waals surface area contributed by atoms with Crippen LogP contribution < -0.4 is 10.1 Å². The Morgan fingerprint density at radius 3 is 2.60 bits per heavy atom. The molecule has 15 heavy (non-hydrogen) atoms. The monoisotopic (exact) mass is 207 g/mol. The van der Waals surface area contributed by atoms with Gasteiger partial charge in [-0.25, -0.2) is 0 Å².